The van der Waals surface area contributed by atoms with Gasteiger partial charge in [0.15, 0.2) is 5.75 Å². The third-order valence-electron chi connectivity index (χ3n) is 4.41. The molecule has 5 nitrogen and oxygen atoms in total. The number of fused-ring (bicyclic) bond motifs is 3. The molecule has 1 aliphatic heterocycles. The van der Waals surface area contributed by atoms with Crippen molar-refractivity contribution in [1.29, 1.82) is 5.26 Å². The van der Waals surface area contributed by atoms with Crippen LogP contribution in [0.1, 0.15) is 17.0 Å². The minimum Gasteiger partial charge on any atom is -0.497 e. The largest absolute Gasteiger partial charge is 0.497 e. The third kappa shape index (κ3) is 2.36. The van der Waals surface area contributed by atoms with Crippen LogP contribution < -0.4 is 15.2 Å². The van der Waals surface area contributed by atoms with E-state index in [4.69, 9.17) is 15.2 Å². The Kier molecular flexibility index (Phi) is 3.51. The number of nitrogens with zero attached hydrogens (tertiary/aromatic N) is 2. The van der Waals surface area contributed by atoms with Crippen molar-refractivity contribution in [3.05, 3.63) is 77.3 Å². The number of hydrogen-bond acceptors (Lipinski definition) is 5. The standard InChI is InChI=1S/C20H15N3O2/c1-24-14-7-4-12(5-8-14)17-15-9-6-13-3-2-10-23-18(13)19(15)25-20(22)16(17)11-21/h2-10,17H,22H2,1H3/t17-/m0/s1. The molecule has 2 heterocycles. The highest BCUT2D eigenvalue weighted by Gasteiger charge is 2.32. The second-order valence-corrected chi connectivity index (χ2v) is 5.76. The zero-order valence-corrected chi connectivity index (χ0v) is 13.6. The fourth-order valence-corrected chi connectivity index (χ4v) is 3.19. The lowest BCUT2D eigenvalue weighted by molar-refractivity contribution is 0.397. The summed E-state index contributed by atoms with van der Waals surface area (Å²) in [6.07, 6.45) is 1.72. The summed E-state index contributed by atoms with van der Waals surface area (Å²) in [6, 6.07) is 17.6. The molecule has 3 aromatic rings. The summed E-state index contributed by atoms with van der Waals surface area (Å²) in [4.78, 5) is 4.43. The van der Waals surface area contributed by atoms with Gasteiger partial charge in [-0.15, -0.1) is 0 Å². The zero-order chi connectivity index (χ0) is 17.4. The molecule has 25 heavy (non-hydrogen) atoms. The lowest BCUT2D eigenvalue weighted by Crippen LogP contribution is -2.21. The Labute approximate surface area is 144 Å². The van der Waals surface area contributed by atoms with Crippen LogP contribution >= 0.6 is 0 Å². The smallest absolute Gasteiger partial charge is 0.205 e. The van der Waals surface area contributed by atoms with Crippen LogP contribution in [0, 0.1) is 11.3 Å². The molecule has 0 aliphatic carbocycles. The van der Waals surface area contributed by atoms with Gasteiger partial charge in [-0.25, -0.2) is 0 Å². The number of ether oxygens (including phenoxy) is 2. The summed E-state index contributed by atoms with van der Waals surface area (Å²) in [5.41, 5.74) is 9.01. The van der Waals surface area contributed by atoms with E-state index in [0.29, 0.717) is 11.3 Å². The van der Waals surface area contributed by atoms with E-state index < -0.39 is 0 Å². The molecule has 0 radical (unpaired) electrons. The van der Waals surface area contributed by atoms with Crippen molar-refractivity contribution in [3.8, 4) is 17.6 Å². The highest BCUT2D eigenvalue weighted by molar-refractivity contribution is 5.87. The van der Waals surface area contributed by atoms with Gasteiger partial charge in [-0.3, -0.25) is 4.98 Å². The minimum absolute atomic E-state index is 0.119. The van der Waals surface area contributed by atoms with Crippen molar-refractivity contribution < 1.29 is 9.47 Å². The molecule has 122 valence electrons. The Hall–Kier alpha value is -3.52. The molecule has 4 rings (SSSR count). The fourth-order valence-electron chi connectivity index (χ4n) is 3.19. The van der Waals surface area contributed by atoms with E-state index >= 15 is 0 Å². The molecule has 0 bridgehead atoms. The van der Waals surface area contributed by atoms with Crippen LogP contribution in [-0.4, -0.2) is 12.1 Å². The van der Waals surface area contributed by atoms with Gasteiger partial charge in [0, 0.05) is 17.1 Å². The SMILES string of the molecule is COc1ccc([C@@H]2C(C#N)=C(N)Oc3c2ccc2cccnc32)cc1. The number of hydrogen-bond donors (Lipinski definition) is 1. The number of aromatic nitrogens is 1. The molecule has 5 heteroatoms. The predicted octanol–water partition coefficient (Wildman–Crippen LogP) is 3.46. The molecule has 2 aromatic carbocycles. The van der Waals surface area contributed by atoms with Gasteiger partial charge >= 0.3 is 0 Å². The molecule has 0 saturated carbocycles. The molecule has 0 amide bonds. The summed E-state index contributed by atoms with van der Waals surface area (Å²) in [6.45, 7) is 0. The normalized spacial score (nSPS) is 16.1. The molecule has 0 spiro atoms. The molecular formula is C20H15N3O2. The van der Waals surface area contributed by atoms with E-state index in [2.05, 4.69) is 11.1 Å². The Morgan fingerprint density at radius 1 is 1.16 bits per heavy atom. The molecule has 1 aliphatic rings. The van der Waals surface area contributed by atoms with Crippen molar-refractivity contribution in [2.75, 3.05) is 7.11 Å². The maximum absolute atomic E-state index is 9.62. The van der Waals surface area contributed by atoms with Crippen LogP contribution in [0.15, 0.2) is 66.2 Å². The second-order valence-electron chi connectivity index (χ2n) is 5.76. The van der Waals surface area contributed by atoms with Gasteiger partial charge in [0.1, 0.15) is 22.9 Å². The van der Waals surface area contributed by atoms with Crippen LogP contribution in [0.5, 0.6) is 11.5 Å². The first-order chi connectivity index (χ1) is 12.2. The van der Waals surface area contributed by atoms with E-state index in [1.54, 1.807) is 13.3 Å². The van der Waals surface area contributed by atoms with Crippen LogP contribution in [-0.2, 0) is 0 Å². The average molecular weight is 329 g/mol. The van der Waals surface area contributed by atoms with Gasteiger partial charge in [-0.05, 0) is 23.8 Å². The number of pyridine rings is 1. The Balaban J connectivity index is 1.96. The molecule has 2 N–H and O–H groups in total. The van der Waals surface area contributed by atoms with Crippen LogP contribution in [0.25, 0.3) is 10.9 Å². The van der Waals surface area contributed by atoms with Gasteiger partial charge in [0.25, 0.3) is 0 Å². The molecule has 0 saturated heterocycles. The number of methoxy groups -OCH3 is 1. The Morgan fingerprint density at radius 3 is 2.68 bits per heavy atom. The maximum atomic E-state index is 9.62. The predicted molar refractivity (Wildman–Crippen MR) is 94.0 cm³/mol. The van der Waals surface area contributed by atoms with Crippen molar-refractivity contribution in [2.45, 2.75) is 5.92 Å². The lowest BCUT2D eigenvalue weighted by Gasteiger charge is -2.27. The van der Waals surface area contributed by atoms with Crippen LogP contribution in [0.4, 0.5) is 0 Å². The summed E-state index contributed by atoms with van der Waals surface area (Å²) >= 11 is 0. The van der Waals surface area contributed by atoms with E-state index in [1.807, 2.05) is 48.5 Å². The number of nitriles is 1. The molecule has 1 atom stereocenters. The van der Waals surface area contributed by atoms with Crippen molar-refractivity contribution in [3.63, 3.8) is 0 Å². The van der Waals surface area contributed by atoms with Gasteiger partial charge in [-0.2, -0.15) is 5.26 Å². The van der Waals surface area contributed by atoms with Crippen molar-refractivity contribution in [2.24, 2.45) is 5.73 Å². The highest BCUT2D eigenvalue weighted by atomic mass is 16.5. The third-order valence-corrected chi connectivity index (χ3v) is 4.41. The van der Waals surface area contributed by atoms with Gasteiger partial charge in [-0.1, -0.05) is 30.3 Å². The monoisotopic (exact) mass is 329 g/mol. The topological polar surface area (TPSA) is 81.2 Å². The quantitative estimate of drug-likeness (QED) is 0.778. The summed E-state index contributed by atoms with van der Waals surface area (Å²) in [5, 5.41) is 10.6. The summed E-state index contributed by atoms with van der Waals surface area (Å²) in [5.74, 6) is 1.18. The highest BCUT2D eigenvalue weighted by Crippen LogP contribution is 2.44. The fraction of sp³-hybridized carbons (Fsp3) is 0.100. The Bertz CT molecular complexity index is 1030. The number of rotatable bonds is 2. The first kappa shape index (κ1) is 15.0. The van der Waals surface area contributed by atoms with Crippen molar-refractivity contribution in [1.82, 2.24) is 4.98 Å². The van der Waals surface area contributed by atoms with Crippen LogP contribution in [0.3, 0.4) is 0 Å². The molecular weight excluding hydrogens is 314 g/mol. The van der Waals surface area contributed by atoms with Crippen molar-refractivity contribution >= 4 is 10.9 Å². The maximum Gasteiger partial charge on any atom is 0.205 e. The first-order valence-electron chi connectivity index (χ1n) is 7.82. The van der Waals surface area contributed by atoms with Gasteiger partial charge in [0.05, 0.1) is 13.0 Å². The van der Waals surface area contributed by atoms with E-state index in [9.17, 15) is 5.26 Å². The second kappa shape index (κ2) is 5.84. The molecule has 0 fully saturated rings. The summed E-state index contributed by atoms with van der Waals surface area (Å²) in [7, 11) is 1.62. The summed E-state index contributed by atoms with van der Waals surface area (Å²) < 4.78 is 11.0. The van der Waals surface area contributed by atoms with Gasteiger partial charge in [0.2, 0.25) is 5.88 Å². The lowest BCUT2D eigenvalue weighted by atomic mass is 9.83. The van der Waals surface area contributed by atoms with Gasteiger partial charge < -0.3 is 15.2 Å². The average Bonchev–Trinajstić information content (AvgIpc) is 2.67. The Morgan fingerprint density at radius 2 is 1.96 bits per heavy atom. The number of allylic oxidation sites excluding steroid dienone is 1. The molecule has 1 aromatic heterocycles. The number of nitrogens with two attached hydrogens (primary N) is 1. The molecule has 0 unspecified atom stereocenters. The number of benzene rings is 2. The minimum atomic E-state index is -0.300. The first-order valence-corrected chi connectivity index (χ1v) is 7.82. The van der Waals surface area contributed by atoms with E-state index in [1.165, 1.54) is 0 Å². The van der Waals surface area contributed by atoms with E-state index in [0.717, 1.165) is 27.8 Å². The zero-order valence-electron chi connectivity index (χ0n) is 13.6. The van der Waals surface area contributed by atoms with E-state index in [-0.39, 0.29) is 11.8 Å². The van der Waals surface area contributed by atoms with Crippen LogP contribution in [0.2, 0.25) is 0 Å².